The molecule has 43 heavy (non-hydrogen) atoms. The van der Waals surface area contributed by atoms with Crippen molar-refractivity contribution in [2.24, 2.45) is 17.3 Å². The average molecular weight is 591 g/mol. The predicted molar refractivity (Wildman–Crippen MR) is 174 cm³/mol. The molecule has 1 fully saturated rings. The Bertz CT molecular complexity index is 1380. The Kier molecular flexibility index (Phi) is 9.61. The molecule has 222 valence electrons. The Morgan fingerprint density at radius 1 is 0.674 bits per heavy atom. The summed E-state index contributed by atoms with van der Waals surface area (Å²) in [6, 6.07) is 41.8. The van der Waals surface area contributed by atoms with Gasteiger partial charge in [-0.2, -0.15) is 0 Å². The molecule has 1 saturated carbocycles. The maximum Gasteiger partial charge on any atom is 0.323 e. The third-order valence-corrected chi connectivity index (χ3v) is 12.9. The summed E-state index contributed by atoms with van der Waals surface area (Å²) in [4.78, 5) is 27.8. The number of carbonyl (C=O) groups excluding carboxylic acids is 2. The zero-order chi connectivity index (χ0) is 30.3. The van der Waals surface area contributed by atoms with Gasteiger partial charge in [0.15, 0.2) is 5.41 Å². The molecule has 0 bridgehead atoms. The van der Waals surface area contributed by atoms with E-state index in [1.165, 1.54) is 11.1 Å². The lowest BCUT2D eigenvalue weighted by Gasteiger charge is -2.37. The quantitative estimate of drug-likeness (QED) is 0.0997. The molecule has 0 saturated heterocycles. The van der Waals surface area contributed by atoms with Crippen molar-refractivity contribution < 1.29 is 19.1 Å². The smallest absolute Gasteiger partial charge is 0.323 e. The van der Waals surface area contributed by atoms with Crippen LogP contribution in [0, 0.1) is 17.3 Å². The molecule has 0 aromatic heterocycles. The summed E-state index contributed by atoms with van der Waals surface area (Å²) in [5.41, 5.74) is 3.43. The molecule has 0 radical (unpaired) electrons. The van der Waals surface area contributed by atoms with Crippen molar-refractivity contribution >= 4 is 20.0 Å². The summed E-state index contributed by atoms with van der Waals surface area (Å²) < 4.78 is 11.7. The minimum atomic E-state index is -2.00. The first-order valence-electron chi connectivity index (χ1n) is 15.3. The van der Waals surface area contributed by atoms with Gasteiger partial charge in [0, 0.05) is 5.54 Å². The highest BCUT2D eigenvalue weighted by Gasteiger charge is 2.57. The number of ether oxygens (including phenoxy) is 2. The van der Waals surface area contributed by atoms with Gasteiger partial charge in [-0.05, 0) is 46.9 Å². The number of rotatable bonds is 11. The van der Waals surface area contributed by atoms with Crippen molar-refractivity contribution in [3.8, 4) is 0 Å². The lowest BCUT2D eigenvalue weighted by molar-refractivity contribution is -0.174. The van der Waals surface area contributed by atoms with Gasteiger partial charge < -0.3 is 9.47 Å². The largest absolute Gasteiger partial charge is 0.460 e. The third kappa shape index (κ3) is 7.16. The van der Waals surface area contributed by atoms with Crippen molar-refractivity contribution in [1.29, 1.82) is 0 Å². The topological polar surface area (TPSA) is 52.6 Å². The molecule has 0 amide bonds. The van der Waals surface area contributed by atoms with Crippen molar-refractivity contribution in [3.05, 3.63) is 144 Å². The maximum atomic E-state index is 13.9. The zero-order valence-electron chi connectivity index (χ0n) is 25.4. The van der Waals surface area contributed by atoms with Crippen molar-refractivity contribution in [3.63, 3.8) is 0 Å². The molecule has 5 rings (SSSR count). The lowest BCUT2D eigenvalue weighted by atomic mass is 9.85. The summed E-state index contributed by atoms with van der Waals surface area (Å²) in [5, 5.41) is 0. The second kappa shape index (κ2) is 13.6. The van der Waals surface area contributed by atoms with Crippen LogP contribution in [-0.2, 0) is 32.3 Å². The van der Waals surface area contributed by atoms with Gasteiger partial charge in [-0.15, -0.1) is 0 Å². The van der Waals surface area contributed by atoms with Crippen LogP contribution in [0.25, 0.3) is 0 Å². The summed E-state index contributed by atoms with van der Waals surface area (Å²) in [7, 11) is -2.00. The number of hydrogen-bond acceptors (Lipinski definition) is 4. The van der Waals surface area contributed by atoms with Crippen LogP contribution in [0.4, 0.5) is 0 Å². The van der Waals surface area contributed by atoms with Gasteiger partial charge in [0.1, 0.15) is 13.2 Å². The second-order valence-corrected chi connectivity index (χ2v) is 17.8. The van der Waals surface area contributed by atoms with E-state index in [9.17, 15) is 9.59 Å². The molecule has 2 atom stereocenters. The molecule has 0 spiro atoms. The number of carbonyl (C=O) groups is 2. The molecule has 4 aromatic rings. The molecule has 1 aliphatic rings. The van der Waals surface area contributed by atoms with Gasteiger partial charge in [0.05, 0.1) is 8.07 Å². The molecule has 4 aromatic carbocycles. The fraction of sp³-hybridized carbons (Fsp3) is 0.316. The highest BCUT2D eigenvalue weighted by Crippen LogP contribution is 2.52. The third-order valence-electron chi connectivity index (χ3n) is 9.13. The van der Waals surface area contributed by atoms with Gasteiger partial charge in [0.25, 0.3) is 0 Å². The zero-order valence-corrected chi connectivity index (χ0v) is 26.4. The Morgan fingerprint density at radius 2 is 1.07 bits per heavy atom. The van der Waals surface area contributed by atoms with E-state index in [4.69, 9.17) is 9.47 Å². The van der Waals surface area contributed by atoms with Gasteiger partial charge in [-0.3, -0.25) is 9.59 Å². The molecular weight excluding hydrogens is 549 g/mol. The summed E-state index contributed by atoms with van der Waals surface area (Å²) in [5.74, 6) is -0.561. The van der Waals surface area contributed by atoms with Crippen molar-refractivity contribution in [2.45, 2.75) is 57.7 Å². The van der Waals surface area contributed by atoms with Crippen molar-refractivity contribution in [1.82, 2.24) is 0 Å². The molecule has 0 heterocycles. The SMILES string of the molecule is C[C@H]1CC(C(=O)OCc2ccccc2)(C(=O)OCc2ccccc2)C[C@@H]1C[Si](C)(C)C(c1ccccc1)c1ccccc1. The molecular formula is C38H42O4Si. The first-order chi connectivity index (χ1) is 20.8. The fourth-order valence-electron chi connectivity index (χ4n) is 7.04. The maximum absolute atomic E-state index is 13.9. The highest BCUT2D eigenvalue weighted by molar-refractivity contribution is 6.79. The summed E-state index contributed by atoms with van der Waals surface area (Å²) >= 11 is 0. The van der Waals surface area contributed by atoms with Crippen LogP contribution in [-0.4, -0.2) is 20.0 Å². The standard InChI is InChI=1S/C38H42O4Si/c1-29-24-38(36(39)41-26-30-16-8-4-9-17-30,37(40)42-27-31-18-10-5-11-19-31)25-34(29)28-43(2,3)35(32-20-12-6-13-21-32)33-22-14-7-15-23-33/h4-23,29,34-35H,24-28H2,1-3H3/t29-,34+/m0/s1. The van der Waals surface area contributed by atoms with E-state index in [2.05, 4.69) is 80.7 Å². The lowest BCUT2D eigenvalue weighted by Crippen LogP contribution is -2.41. The van der Waals surface area contributed by atoms with Gasteiger partial charge in [-0.25, -0.2) is 0 Å². The molecule has 0 unspecified atom stereocenters. The Morgan fingerprint density at radius 3 is 1.49 bits per heavy atom. The van der Waals surface area contributed by atoms with Crippen LogP contribution in [0.5, 0.6) is 0 Å². The summed E-state index contributed by atoms with van der Waals surface area (Å²) in [6.07, 6.45) is 0.882. The molecule has 5 heteroatoms. The van der Waals surface area contributed by atoms with E-state index in [1.54, 1.807) is 0 Å². The van der Waals surface area contributed by atoms with Gasteiger partial charge in [0.2, 0.25) is 0 Å². The second-order valence-electron chi connectivity index (χ2n) is 12.8. The number of hydrogen-bond donors (Lipinski definition) is 0. The minimum Gasteiger partial charge on any atom is -0.460 e. The molecule has 0 N–H and O–H groups in total. The van der Waals surface area contributed by atoms with E-state index in [1.807, 2.05) is 60.7 Å². The van der Waals surface area contributed by atoms with E-state index in [-0.39, 0.29) is 25.0 Å². The summed E-state index contributed by atoms with van der Waals surface area (Å²) in [6.45, 7) is 7.36. The minimum absolute atomic E-state index is 0.136. The number of esters is 2. The fourth-order valence-corrected chi connectivity index (χ4v) is 11.4. The van der Waals surface area contributed by atoms with Crippen LogP contribution in [0.15, 0.2) is 121 Å². The molecule has 1 aliphatic carbocycles. The predicted octanol–water partition coefficient (Wildman–Crippen LogP) is 8.59. The molecule has 4 nitrogen and oxygen atoms in total. The monoisotopic (exact) mass is 590 g/mol. The van der Waals surface area contributed by atoms with Crippen LogP contribution in [0.1, 0.15) is 47.6 Å². The van der Waals surface area contributed by atoms with E-state index in [0.717, 1.165) is 17.2 Å². The van der Waals surface area contributed by atoms with Crippen LogP contribution < -0.4 is 0 Å². The van der Waals surface area contributed by atoms with Gasteiger partial charge >= 0.3 is 11.9 Å². The highest BCUT2D eigenvalue weighted by atomic mass is 28.3. The first-order valence-corrected chi connectivity index (χ1v) is 18.6. The van der Waals surface area contributed by atoms with E-state index < -0.39 is 25.4 Å². The Hall–Kier alpha value is -3.96. The number of benzene rings is 4. The normalized spacial score (nSPS) is 17.9. The van der Waals surface area contributed by atoms with E-state index >= 15 is 0 Å². The average Bonchev–Trinajstić information content (AvgIpc) is 3.36. The van der Waals surface area contributed by atoms with Crippen LogP contribution >= 0.6 is 0 Å². The van der Waals surface area contributed by atoms with Crippen LogP contribution in [0.3, 0.4) is 0 Å². The Labute approximate surface area is 257 Å². The Balaban J connectivity index is 1.40. The van der Waals surface area contributed by atoms with Crippen molar-refractivity contribution in [2.75, 3.05) is 0 Å². The van der Waals surface area contributed by atoms with Gasteiger partial charge in [-0.1, -0.05) is 147 Å². The van der Waals surface area contributed by atoms with Crippen LogP contribution in [0.2, 0.25) is 19.1 Å². The first kappa shape index (κ1) is 30.5. The molecule has 0 aliphatic heterocycles. The van der Waals surface area contributed by atoms with E-state index in [0.29, 0.717) is 18.4 Å².